The van der Waals surface area contributed by atoms with Crippen molar-refractivity contribution in [3.8, 4) is 0 Å². The zero-order valence-electron chi connectivity index (χ0n) is 12.9. The van der Waals surface area contributed by atoms with Crippen LogP contribution in [0, 0.1) is 0 Å². The van der Waals surface area contributed by atoms with Crippen molar-refractivity contribution in [1.29, 1.82) is 0 Å². The van der Waals surface area contributed by atoms with Gasteiger partial charge in [0.15, 0.2) is 5.11 Å². The normalized spacial score (nSPS) is 15.4. The van der Waals surface area contributed by atoms with Crippen LogP contribution in [0.4, 0.5) is 0 Å². The molecule has 0 saturated carbocycles. The number of ether oxygens (including phenoxy) is 1. The summed E-state index contributed by atoms with van der Waals surface area (Å²) in [6.45, 7) is 2.84. The highest BCUT2D eigenvalue weighted by Crippen LogP contribution is 2.13. The van der Waals surface area contributed by atoms with Crippen LogP contribution < -0.4 is 10.6 Å². The summed E-state index contributed by atoms with van der Waals surface area (Å²) in [6, 6.07) is 9.76. The van der Waals surface area contributed by atoms with Crippen molar-refractivity contribution in [2.75, 3.05) is 33.4 Å². The van der Waals surface area contributed by atoms with E-state index < -0.39 is 0 Å². The number of likely N-dealkylation sites (tertiary alicyclic amines) is 1. The van der Waals surface area contributed by atoms with E-state index in [9.17, 15) is 4.79 Å². The fourth-order valence-corrected chi connectivity index (χ4v) is 2.76. The second-order valence-corrected chi connectivity index (χ2v) is 5.73. The first-order chi connectivity index (χ1) is 10.7. The molecule has 0 aliphatic carbocycles. The maximum atomic E-state index is 12.4. The van der Waals surface area contributed by atoms with Crippen molar-refractivity contribution in [3.05, 3.63) is 35.9 Å². The molecule has 1 aromatic carbocycles. The standard InChI is InChI=1S/C16H23N3O2S/c1-21-12-9-17-16(22)18-14-7-10-19(11-8-14)15(20)13-5-3-2-4-6-13/h2-6,14H,7-12H2,1H3,(H2,17,18,22). The van der Waals surface area contributed by atoms with Gasteiger partial charge >= 0.3 is 0 Å². The molecule has 5 nitrogen and oxygen atoms in total. The lowest BCUT2D eigenvalue weighted by atomic mass is 10.0. The lowest BCUT2D eigenvalue weighted by Crippen LogP contribution is -2.49. The van der Waals surface area contributed by atoms with Crippen LogP contribution in [0.3, 0.4) is 0 Å². The molecule has 1 amide bonds. The largest absolute Gasteiger partial charge is 0.383 e. The van der Waals surface area contributed by atoms with Gasteiger partial charge in [0.2, 0.25) is 0 Å². The van der Waals surface area contributed by atoms with Gasteiger partial charge in [-0.25, -0.2) is 0 Å². The Kier molecular flexibility index (Phi) is 6.61. The van der Waals surface area contributed by atoms with E-state index in [0.717, 1.165) is 31.5 Å². The minimum absolute atomic E-state index is 0.111. The van der Waals surface area contributed by atoms with Gasteiger partial charge in [-0.1, -0.05) is 18.2 Å². The van der Waals surface area contributed by atoms with E-state index in [1.165, 1.54) is 0 Å². The number of benzene rings is 1. The van der Waals surface area contributed by atoms with Crippen molar-refractivity contribution < 1.29 is 9.53 Å². The summed E-state index contributed by atoms with van der Waals surface area (Å²) >= 11 is 5.25. The first kappa shape index (κ1) is 16.7. The van der Waals surface area contributed by atoms with Crippen LogP contribution >= 0.6 is 12.2 Å². The topological polar surface area (TPSA) is 53.6 Å². The zero-order valence-corrected chi connectivity index (χ0v) is 13.7. The second-order valence-electron chi connectivity index (χ2n) is 5.33. The summed E-state index contributed by atoms with van der Waals surface area (Å²) in [5.74, 6) is 0.111. The Balaban J connectivity index is 1.74. The molecule has 2 rings (SSSR count). The summed E-state index contributed by atoms with van der Waals surface area (Å²) in [4.78, 5) is 14.3. The molecule has 1 fully saturated rings. The molecule has 2 N–H and O–H groups in total. The van der Waals surface area contributed by atoms with Gasteiger partial charge in [0.1, 0.15) is 0 Å². The predicted octanol–water partition coefficient (Wildman–Crippen LogP) is 1.40. The third kappa shape index (κ3) is 4.96. The third-order valence-corrected chi connectivity index (χ3v) is 3.99. The van der Waals surface area contributed by atoms with Gasteiger partial charge in [-0.2, -0.15) is 0 Å². The number of carbonyl (C=O) groups is 1. The van der Waals surface area contributed by atoms with Crippen molar-refractivity contribution >= 4 is 23.2 Å². The number of carbonyl (C=O) groups excluding carboxylic acids is 1. The van der Waals surface area contributed by atoms with Crippen molar-refractivity contribution in [3.63, 3.8) is 0 Å². The number of amides is 1. The van der Waals surface area contributed by atoms with Gasteiger partial charge in [-0.3, -0.25) is 4.79 Å². The first-order valence-corrected chi connectivity index (χ1v) is 7.99. The number of hydrogen-bond donors (Lipinski definition) is 2. The molecule has 120 valence electrons. The lowest BCUT2D eigenvalue weighted by Gasteiger charge is -2.33. The number of nitrogens with zero attached hydrogens (tertiary/aromatic N) is 1. The fourth-order valence-electron chi connectivity index (χ4n) is 2.49. The van der Waals surface area contributed by atoms with Crippen molar-refractivity contribution in [2.24, 2.45) is 0 Å². The van der Waals surface area contributed by atoms with Crippen LogP contribution in [0.5, 0.6) is 0 Å². The predicted molar refractivity (Wildman–Crippen MR) is 91.0 cm³/mol. The van der Waals surface area contributed by atoms with E-state index in [0.29, 0.717) is 24.3 Å². The van der Waals surface area contributed by atoms with Gasteiger partial charge < -0.3 is 20.3 Å². The molecule has 0 unspecified atom stereocenters. The van der Waals surface area contributed by atoms with Crippen LogP contribution in [-0.4, -0.2) is 55.3 Å². The number of piperidine rings is 1. The SMILES string of the molecule is COCCNC(=S)NC1CCN(C(=O)c2ccccc2)CC1. The Bertz CT molecular complexity index is 487. The van der Waals surface area contributed by atoms with E-state index in [4.69, 9.17) is 17.0 Å². The van der Waals surface area contributed by atoms with Crippen LogP contribution in [0.25, 0.3) is 0 Å². The molecule has 22 heavy (non-hydrogen) atoms. The maximum Gasteiger partial charge on any atom is 0.253 e. The average molecular weight is 321 g/mol. The zero-order chi connectivity index (χ0) is 15.8. The van der Waals surface area contributed by atoms with Gasteiger partial charge in [0.05, 0.1) is 6.61 Å². The molecule has 0 aromatic heterocycles. The molecule has 6 heteroatoms. The maximum absolute atomic E-state index is 12.4. The van der Waals surface area contributed by atoms with Gasteiger partial charge in [0, 0.05) is 38.3 Å². The monoisotopic (exact) mass is 321 g/mol. The van der Waals surface area contributed by atoms with Crippen LogP contribution in [0.2, 0.25) is 0 Å². The minimum atomic E-state index is 0.111. The summed E-state index contributed by atoms with van der Waals surface area (Å²) in [5, 5.41) is 7.07. The second kappa shape index (κ2) is 8.70. The average Bonchev–Trinajstić information content (AvgIpc) is 2.56. The number of thiocarbonyl (C=S) groups is 1. The summed E-state index contributed by atoms with van der Waals surface area (Å²) in [5.41, 5.74) is 0.755. The van der Waals surface area contributed by atoms with Gasteiger partial charge in [-0.15, -0.1) is 0 Å². The number of rotatable bonds is 5. The Morgan fingerprint density at radius 2 is 2.00 bits per heavy atom. The molecule has 1 saturated heterocycles. The Morgan fingerprint density at radius 1 is 1.32 bits per heavy atom. The van der Waals surface area contributed by atoms with E-state index >= 15 is 0 Å². The van der Waals surface area contributed by atoms with Crippen molar-refractivity contribution in [1.82, 2.24) is 15.5 Å². The molecule has 0 radical (unpaired) electrons. The molecule has 1 aliphatic rings. The lowest BCUT2D eigenvalue weighted by molar-refractivity contribution is 0.0710. The highest BCUT2D eigenvalue weighted by molar-refractivity contribution is 7.80. The molecule has 0 bridgehead atoms. The summed E-state index contributed by atoms with van der Waals surface area (Å²) in [6.07, 6.45) is 1.81. The summed E-state index contributed by atoms with van der Waals surface area (Å²) in [7, 11) is 1.66. The van der Waals surface area contributed by atoms with Gasteiger partial charge in [-0.05, 0) is 37.2 Å². The van der Waals surface area contributed by atoms with Crippen LogP contribution in [0.15, 0.2) is 30.3 Å². The quantitative estimate of drug-likeness (QED) is 0.634. The Labute approximate surface area is 137 Å². The van der Waals surface area contributed by atoms with E-state index in [2.05, 4.69) is 10.6 Å². The first-order valence-electron chi connectivity index (χ1n) is 7.58. The van der Waals surface area contributed by atoms with Crippen molar-refractivity contribution in [2.45, 2.75) is 18.9 Å². The smallest absolute Gasteiger partial charge is 0.253 e. The van der Waals surface area contributed by atoms with E-state index in [1.807, 2.05) is 35.2 Å². The molecule has 1 aromatic rings. The van der Waals surface area contributed by atoms with Crippen LogP contribution in [0.1, 0.15) is 23.2 Å². The van der Waals surface area contributed by atoms with E-state index in [1.54, 1.807) is 7.11 Å². The number of nitrogens with one attached hydrogen (secondary N) is 2. The van der Waals surface area contributed by atoms with Crippen LogP contribution in [-0.2, 0) is 4.74 Å². The molecular weight excluding hydrogens is 298 g/mol. The number of methoxy groups -OCH3 is 1. The third-order valence-electron chi connectivity index (χ3n) is 3.73. The molecule has 1 aliphatic heterocycles. The van der Waals surface area contributed by atoms with Gasteiger partial charge in [0.25, 0.3) is 5.91 Å². The molecule has 0 spiro atoms. The summed E-state index contributed by atoms with van der Waals surface area (Å²) < 4.78 is 4.97. The minimum Gasteiger partial charge on any atom is -0.383 e. The Morgan fingerprint density at radius 3 is 2.64 bits per heavy atom. The molecule has 1 heterocycles. The van der Waals surface area contributed by atoms with E-state index in [-0.39, 0.29) is 5.91 Å². The highest BCUT2D eigenvalue weighted by atomic mass is 32.1. The number of hydrogen-bond acceptors (Lipinski definition) is 3. The highest BCUT2D eigenvalue weighted by Gasteiger charge is 2.23. The Hall–Kier alpha value is -1.66. The fraction of sp³-hybridized carbons (Fsp3) is 0.500. The molecule has 0 atom stereocenters. The molecular formula is C16H23N3O2S.